The molecule has 1 aromatic carbocycles. The van der Waals surface area contributed by atoms with Gasteiger partial charge in [-0.1, -0.05) is 29.5 Å². The number of nitrogens with zero attached hydrogens (tertiary/aromatic N) is 3. The first kappa shape index (κ1) is 17.5. The lowest BCUT2D eigenvalue weighted by atomic mass is 10.1. The molecule has 2 aromatic rings. The number of aromatic nitrogens is 3. The minimum absolute atomic E-state index is 0.0296. The van der Waals surface area contributed by atoms with Crippen LogP contribution < -0.4 is 22.1 Å². The Morgan fingerprint density at radius 2 is 1.79 bits per heavy atom. The summed E-state index contributed by atoms with van der Waals surface area (Å²) in [6.07, 6.45) is 0. The predicted molar refractivity (Wildman–Crippen MR) is 92.5 cm³/mol. The SMILES string of the molecule is Cc1ccc(NC(=O)NC(=O)CSc2nc(N)nc(N)n2)c(C)c1. The van der Waals surface area contributed by atoms with Crippen molar-refractivity contribution >= 4 is 41.3 Å². The molecule has 1 heterocycles. The summed E-state index contributed by atoms with van der Waals surface area (Å²) in [4.78, 5) is 34.9. The van der Waals surface area contributed by atoms with Gasteiger partial charge in [-0.05, 0) is 25.5 Å². The Morgan fingerprint density at radius 1 is 1.12 bits per heavy atom. The van der Waals surface area contributed by atoms with Crippen LogP contribution in [0.5, 0.6) is 0 Å². The second-order valence-electron chi connectivity index (χ2n) is 4.94. The van der Waals surface area contributed by atoms with Crippen molar-refractivity contribution in [2.45, 2.75) is 19.0 Å². The van der Waals surface area contributed by atoms with Crippen molar-refractivity contribution in [3.05, 3.63) is 29.3 Å². The summed E-state index contributed by atoms with van der Waals surface area (Å²) >= 11 is 0.996. The minimum Gasteiger partial charge on any atom is -0.368 e. The normalized spacial score (nSPS) is 10.2. The van der Waals surface area contributed by atoms with Crippen molar-refractivity contribution in [3.63, 3.8) is 0 Å². The standard InChI is InChI=1S/C14H17N7O2S/c1-7-3-4-9(8(2)5-7)17-13(23)18-10(22)6-24-14-20-11(15)19-12(16)21-14/h3-5H,6H2,1-2H3,(H2,17,18,22,23)(H4,15,16,19,20,21). The van der Waals surface area contributed by atoms with Crippen LogP contribution in [0.4, 0.5) is 22.4 Å². The highest BCUT2D eigenvalue weighted by Gasteiger charge is 2.11. The van der Waals surface area contributed by atoms with E-state index in [0.29, 0.717) is 5.69 Å². The molecule has 0 bridgehead atoms. The second-order valence-corrected chi connectivity index (χ2v) is 5.89. The van der Waals surface area contributed by atoms with Gasteiger partial charge in [0.25, 0.3) is 0 Å². The molecule has 0 aliphatic carbocycles. The number of anilines is 3. The minimum atomic E-state index is -0.609. The zero-order chi connectivity index (χ0) is 17.7. The van der Waals surface area contributed by atoms with E-state index in [1.54, 1.807) is 6.07 Å². The van der Waals surface area contributed by atoms with Crippen LogP contribution in [-0.4, -0.2) is 32.6 Å². The van der Waals surface area contributed by atoms with Gasteiger partial charge in [0.05, 0.1) is 5.75 Å². The van der Waals surface area contributed by atoms with Crippen LogP contribution in [0.2, 0.25) is 0 Å². The smallest absolute Gasteiger partial charge is 0.325 e. The van der Waals surface area contributed by atoms with Crippen molar-refractivity contribution < 1.29 is 9.59 Å². The van der Waals surface area contributed by atoms with Crippen LogP contribution in [0.25, 0.3) is 0 Å². The van der Waals surface area contributed by atoms with Crippen molar-refractivity contribution in [3.8, 4) is 0 Å². The van der Waals surface area contributed by atoms with Gasteiger partial charge >= 0.3 is 6.03 Å². The van der Waals surface area contributed by atoms with Gasteiger partial charge in [0.2, 0.25) is 17.8 Å². The monoisotopic (exact) mass is 347 g/mol. The summed E-state index contributed by atoms with van der Waals surface area (Å²) in [5, 5.41) is 5.06. The molecule has 0 radical (unpaired) electrons. The number of benzene rings is 1. The lowest BCUT2D eigenvalue weighted by molar-refractivity contribution is -0.117. The first-order valence-electron chi connectivity index (χ1n) is 6.91. The highest BCUT2D eigenvalue weighted by atomic mass is 32.2. The third-order valence-corrected chi connectivity index (χ3v) is 3.71. The second kappa shape index (κ2) is 7.59. The number of carbonyl (C=O) groups excluding carboxylic acids is 2. The van der Waals surface area contributed by atoms with E-state index in [1.165, 1.54) is 0 Å². The number of hydrogen-bond acceptors (Lipinski definition) is 8. The Balaban J connectivity index is 1.86. The van der Waals surface area contributed by atoms with E-state index in [9.17, 15) is 9.59 Å². The van der Waals surface area contributed by atoms with E-state index in [4.69, 9.17) is 11.5 Å². The maximum absolute atomic E-state index is 11.8. The number of carbonyl (C=O) groups is 2. The van der Waals surface area contributed by atoms with Gasteiger partial charge in [0, 0.05) is 5.69 Å². The summed E-state index contributed by atoms with van der Waals surface area (Å²) in [6.45, 7) is 3.83. The molecule has 10 heteroatoms. The number of hydrogen-bond donors (Lipinski definition) is 4. The fourth-order valence-corrected chi connectivity index (χ4v) is 2.50. The Hall–Kier alpha value is -2.88. The molecule has 126 valence electrons. The summed E-state index contributed by atoms with van der Waals surface area (Å²) in [5.41, 5.74) is 13.5. The van der Waals surface area contributed by atoms with Crippen LogP contribution in [0.15, 0.2) is 23.4 Å². The largest absolute Gasteiger partial charge is 0.368 e. The number of aryl methyl sites for hydroxylation is 2. The zero-order valence-corrected chi connectivity index (χ0v) is 14.0. The van der Waals surface area contributed by atoms with Gasteiger partial charge in [-0.25, -0.2) is 4.79 Å². The van der Waals surface area contributed by atoms with Gasteiger partial charge in [-0.2, -0.15) is 15.0 Å². The zero-order valence-electron chi connectivity index (χ0n) is 13.2. The molecule has 24 heavy (non-hydrogen) atoms. The van der Waals surface area contributed by atoms with Gasteiger partial charge in [0.1, 0.15) is 0 Å². The van der Waals surface area contributed by atoms with E-state index in [1.807, 2.05) is 26.0 Å². The van der Waals surface area contributed by atoms with Crippen molar-refractivity contribution in [2.75, 3.05) is 22.5 Å². The molecule has 3 amide bonds. The third-order valence-electron chi connectivity index (χ3n) is 2.86. The molecule has 0 saturated heterocycles. The van der Waals surface area contributed by atoms with E-state index in [2.05, 4.69) is 25.6 Å². The molecule has 1 aromatic heterocycles. The maximum atomic E-state index is 11.8. The average molecular weight is 347 g/mol. The van der Waals surface area contributed by atoms with E-state index >= 15 is 0 Å². The lowest BCUT2D eigenvalue weighted by Gasteiger charge is -2.09. The van der Waals surface area contributed by atoms with Crippen molar-refractivity contribution in [1.82, 2.24) is 20.3 Å². The molecule has 0 unspecified atom stereocenters. The van der Waals surface area contributed by atoms with Crippen LogP contribution >= 0.6 is 11.8 Å². The third kappa shape index (κ3) is 5.09. The Kier molecular flexibility index (Phi) is 5.53. The number of nitrogens with two attached hydrogens (primary N) is 2. The predicted octanol–water partition coefficient (Wildman–Crippen LogP) is 1.09. The molecule has 0 saturated carbocycles. The van der Waals surface area contributed by atoms with Crippen molar-refractivity contribution in [1.29, 1.82) is 0 Å². The number of nitrogen functional groups attached to an aromatic ring is 2. The Labute approximate surface area is 142 Å². The summed E-state index contributed by atoms with van der Waals surface area (Å²) in [7, 11) is 0. The topological polar surface area (TPSA) is 149 Å². The van der Waals surface area contributed by atoms with Crippen LogP contribution in [0, 0.1) is 13.8 Å². The number of rotatable bonds is 4. The number of nitrogens with one attached hydrogen (secondary N) is 2. The first-order valence-corrected chi connectivity index (χ1v) is 7.90. The van der Waals surface area contributed by atoms with Crippen molar-refractivity contribution in [2.24, 2.45) is 0 Å². The van der Waals surface area contributed by atoms with Crippen LogP contribution in [-0.2, 0) is 4.79 Å². The molecule has 2 rings (SSSR count). The number of thioether (sulfide) groups is 1. The molecular formula is C14H17N7O2S. The summed E-state index contributed by atoms with van der Waals surface area (Å²) in [5.74, 6) is -0.626. The quantitative estimate of drug-likeness (QED) is 0.600. The summed E-state index contributed by atoms with van der Waals surface area (Å²) in [6, 6.07) is 4.97. The average Bonchev–Trinajstić information content (AvgIpc) is 2.47. The molecule has 0 atom stereocenters. The van der Waals surface area contributed by atoms with Crippen LogP contribution in [0.1, 0.15) is 11.1 Å². The fourth-order valence-electron chi connectivity index (χ4n) is 1.85. The Morgan fingerprint density at radius 3 is 2.42 bits per heavy atom. The molecule has 0 fully saturated rings. The van der Waals surface area contributed by atoms with E-state index in [-0.39, 0.29) is 22.8 Å². The number of urea groups is 1. The first-order chi connectivity index (χ1) is 11.3. The molecule has 6 N–H and O–H groups in total. The fraction of sp³-hybridized carbons (Fsp3) is 0.214. The molecule has 0 spiro atoms. The summed E-state index contributed by atoms with van der Waals surface area (Å²) < 4.78 is 0. The van der Waals surface area contributed by atoms with Gasteiger partial charge < -0.3 is 16.8 Å². The highest BCUT2D eigenvalue weighted by molar-refractivity contribution is 7.99. The molecular weight excluding hydrogens is 330 g/mol. The molecule has 0 aliphatic rings. The van der Waals surface area contributed by atoms with Crippen LogP contribution in [0.3, 0.4) is 0 Å². The molecule has 0 aliphatic heterocycles. The van der Waals surface area contributed by atoms with Gasteiger partial charge in [0.15, 0.2) is 5.16 Å². The Bertz CT molecular complexity index is 761. The van der Waals surface area contributed by atoms with E-state index in [0.717, 1.165) is 22.9 Å². The number of amides is 3. The van der Waals surface area contributed by atoms with E-state index < -0.39 is 11.9 Å². The lowest BCUT2D eigenvalue weighted by Crippen LogP contribution is -2.35. The number of imide groups is 1. The molecule has 9 nitrogen and oxygen atoms in total. The maximum Gasteiger partial charge on any atom is 0.325 e. The van der Waals surface area contributed by atoms with Gasteiger partial charge in [-0.3, -0.25) is 10.1 Å². The highest BCUT2D eigenvalue weighted by Crippen LogP contribution is 2.16. The van der Waals surface area contributed by atoms with Gasteiger partial charge in [-0.15, -0.1) is 0 Å².